The number of anilines is 1. The van der Waals surface area contributed by atoms with Crippen LogP contribution in [0.25, 0.3) is 0 Å². The van der Waals surface area contributed by atoms with Gasteiger partial charge in [-0.15, -0.1) is 0 Å². The Morgan fingerprint density at radius 3 is 2.42 bits per heavy atom. The molecule has 2 aromatic carbocycles. The number of para-hydroxylation sites is 1. The number of benzene rings is 2. The van der Waals surface area contributed by atoms with Crippen molar-refractivity contribution < 1.29 is 9.59 Å². The van der Waals surface area contributed by atoms with E-state index < -0.39 is 6.03 Å². The normalized spacial score (nSPS) is 10.1. The predicted octanol–water partition coefficient (Wildman–Crippen LogP) is 3.34. The number of amides is 3. The fourth-order valence-corrected chi connectivity index (χ4v) is 2.28. The van der Waals surface area contributed by atoms with Gasteiger partial charge in [0.25, 0.3) is 0 Å². The first-order chi connectivity index (χ1) is 11.6. The topological polar surface area (TPSA) is 70.2 Å². The Labute approximate surface area is 146 Å². The lowest BCUT2D eigenvalue weighted by Crippen LogP contribution is -2.39. The molecule has 0 saturated carbocycles. The second-order valence-electron chi connectivity index (χ2n) is 5.22. The highest BCUT2D eigenvalue weighted by atomic mass is 35.5. The van der Waals surface area contributed by atoms with Crippen LogP contribution in [0.1, 0.15) is 18.1 Å². The van der Waals surface area contributed by atoms with E-state index in [1.54, 1.807) is 12.1 Å². The van der Waals surface area contributed by atoms with Crippen molar-refractivity contribution in [2.75, 3.05) is 11.9 Å². The van der Waals surface area contributed by atoms with E-state index in [1.165, 1.54) is 0 Å². The maximum absolute atomic E-state index is 11.9. The zero-order valence-corrected chi connectivity index (χ0v) is 14.2. The van der Waals surface area contributed by atoms with Crippen molar-refractivity contribution in [2.45, 2.75) is 19.9 Å². The van der Waals surface area contributed by atoms with Crippen LogP contribution in [0, 0.1) is 0 Å². The van der Waals surface area contributed by atoms with Gasteiger partial charge in [-0.25, -0.2) is 4.79 Å². The summed E-state index contributed by atoms with van der Waals surface area (Å²) in [7, 11) is 0. The summed E-state index contributed by atoms with van der Waals surface area (Å²) in [5.74, 6) is -0.266. The van der Waals surface area contributed by atoms with Gasteiger partial charge in [-0.3, -0.25) is 4.79 Å². The lowest BCUT2D eigenvalue weighted by molar-refractivity contribution is -0.115. The molecule has 0 unspecified atom stereocenters. The summed E-state index contributed by atoms with van der Waals surface area (Å²) in [5.41, 5.74) is 2.75. The summed E-state index contributed by atoms with van der Waals surface area (Å²) in [6.07, 6.45) is 0.825. The van der Waals surface area contributed by atoms with Crippen molar-refractivity contribution in [3.63, 3.8) is 0 Å². The van der Waals surface area contributed by atoms with Crippen molar-refractivity contribution in [3.8, 4) is 0 Å². The van der Waals surface area contributed by atoms with Gasteiger partial charge in [0.15, 0.2) is 0 Å². The van der Waals surface area contributed by atoms with E-state index in [2.05, 4.69) is 16.0 Å². The van der Waals surface area contributed by atoms with Gasteiger partial charge in [0.2, 0.25) is 5.91 Å². The summed E-state index contributed by atoms with van der Waals surface area (Å²) in [6.45, 7) is 2.29. The van der Waals surface area contributed by atoms with Gasteiger partial charge < -0.3 is 16.0 Å². The van der Waals surface area contributed by atoms with Crippen LogP contribution in [0.5, 0.6) is 0 Å². The first kappa shape index (κ1) is 17.8. The third-order valence-electron chi connectivity index (χ3n) is 3.45. The van der Waals surface area contributed by atoms with Crippen LogP contribution in [-0.4, -0.2) is 18.5 Å². The van der Waals surface area contributed by atoms with Gasteiger partial charge in [-0.2, -0.15) is 0 Å². The summed E-state index contributed by atoms with van der Waals surface area (Å²) in [5, 5.41) is 8.67. The van der Waals surface area contributed by atoms with Gasteiger partial charge in [-0.1, -0.05) is 48.9 Å². The molecular formula is C18H20ClN3O2. The fourth-order valence-electron chi connectivity index (χ4n) is 2.15. The molecule has 0 aliphatic rings. The highest BCUT2D eigenvalue weighted by molar-refractivity contribution is 6.30. The monoisotopic (exact) mass is 345 g/mol. The van der Waals surface area contributed by atoms with Crippen LogP contribution in [0.2, 0.25) is 5.02 Å². The van der Waals surface area contributed by atoms with Crippen molar-refractivity contribution in [2.24, 2.45) is 0 Å². The Bertz CT molecular complexity index is 702. The minimum Gasteiger partial charge on any atom is -0.334 e. The molecule has 126 valence electrons. The molecule has 3 amide bonds. The number of urea groups is 1. The number of halogens is 1. The molecule has 0 bridgehead atoms. The highest BCUT2D eigenvalue weighted by Gasteiger charge is 2.07. The third-order valence-corrected chi connectivity index (χ3v) is 3.70. The smallest absolute Gasteiger partial charge is 0.315 e. The molecule has 0 saturated heterocycles. The van der Waals surface area contributed by atoms with Crippen LogP contribution in [-0.2, 0) is 17.8 Å². The standard InChI is InChI=1S/C18H20ClN3O2/c1-2-14-5-3-4-6-16(14)22-17(23)12-21-18(24)20-11-13-7-9-15(19)10-8-13/h3-10H,2,11-12H2,1H3,(H,22,23)(H2,20,21,24). The van der Waals surface area contributed by atoms with E-state index in [4.69, 9.17) is 11.6 Å². The molecule has 6 heteroatoms. The minimum atomic E-state index is -0.399. The average Bonchev–Trinajstić information content (AvgIpc) is 2.60. The predicted molar refractivity (Wildman–Crippen MR) is 96.1 cm³/mol. The number of carbonyl (C=O) groups excluding carboxylic acids is 2. The molecule has 24 heavy (non-hydrogen) atoms. The molecule has 0 aliphatic heterocycles. The molecule has 0 heterocycles. The zero-order chi connectivity index (χ0) is 17.4. The quantitative estimate of drug-likeness (QED) is 0.751. The van der Waals surface area contributed by atoms with Gasteiger partial charge in [0.05, 0.1) is 6.54 Å². The Morgan fingerprint density at radius 2 is 1.71 bits per heavy atom. The third kappa shape index (κ3) is 5.59. The molecule has 5 nitrogen and oxygen atoms in total. The molecule has 0 fully saturated rings. The van der Waals surface area contributed by atoms with Crippen LogP contribution in [0.3, 0.4) is 0 Å². The van der Waals surface area contributed by atoms with E-state index in [1.807, 2.05) is 43.3 Å². The Balaban J connectivity index is 1.74. The molecule has 0 aliphatic carbocycles. The van der Waals surface area contributed by atoms with Gasteiger partial charge in [-0.05, 0) is 35.7 Å². The first-order valence-electron chi connectivity index (χ1n) is 7.72. The highest BCUT2D eigenvalue weighted by Crippen LogP contribution is 2.14. The number of carbonyl (C=O) groups is 2. The van der Waals surface area contributed by atoms with Crippen LogP contribution in [0.4, 0.5) is 10.5 Å². The van der Waals surface area contributed by atoms with Crippen LogP contribution < -0.4 is 16.0 Å². The molecule has 0 spiro atoms. The fraction of sp³-hybridized carbons (Fsp3) is 0.222. The van der Waals surface area contributed by atoms with E-state index in [9.17, 15) is 9.59 Å². The number of hydrogen-bond donors (Lipinski definition) is 3. The van der Waals surface area contributed by atoms with Crippen molar-refractivity contribution in [1.82, 2.24) is 10.6 Å². The van der Waals surface area contributed by atoms with Crippen molar-refractivity contribution >= 4 is 29.2 Å². The van der Waals surface area contributed by atoms with E-state index in [0.717, 1.165) is 23.2 Å². The lowest BCUT2D eigenvalue weighted by Gasteiger charge is -2.11. The number of nitrogens with one attached hydrogen (secondary N) is 3. The SMILES string of the molecule is CCc1ccccc1NC(=O)CNC(=O)NCc1ccc(Cl)cc1. The number of aryl methyl sites for hydroxylation is 1. The molecule has 2 rings (SSSR count). The van der Waals surface area contributed by atoms with Gasteiger partial charge >= 0.3 is 6.03 Å². The summed E-state index contributed by atoms with van der Waals surface area (Å²) in [4.78, 5) is 23.7. The van der Waals surface area contributed by atoms with Gasteiger partial charge in [0, 0.05) is 17.3 Å². The van der Waals surface area contributed by atoms with E-state index in [0.29, 0.717) is 11.6 Å². The lowest BCUT2D eigenvalue weighted by atomic mass is 10.1. The second kappa shape index (κ2) is 8.93. The van der Waals surface area contributed by atoms with Crippen LogP contribution >= 0.6 is 11.6 Å². The largest absolute Gasteiger partial charge is 0.334 e. The molecule has 3 N–H and O–H groups in total. The van der Waals surface area contributed by atoms with E-state index >= 15 is 0 Å². The van der Waals surface area contributed by atoms with Gasteiger partial charge in [0.1, 0.15) is 0 Å². The number of rotatable bonds is 6. The second-order valence-corrected chi connectivity index (χ2v) is 5.66. The Hall–Kier alpha value is -2.53. The Kier molecular flexibility index (Phi) is 6.63. The van der Waals surface area contributed by atoms with E-state index in [-0.39, 0.29) is 12.5 Å². The van der Waals surface area contributed by atoms with Crippen molar-refractivity contribution in [1.29, 1.82) is 0 Å². The maximum atomic E-state index is 11.9. The first-order valence-corrected chi connectivity index (χ1v) is 8.10. The summed E-state index contributed by atoms with van der Waals surface area (Å²) in [6, 6.07) is 14.4. The molecular weight excluding hydrogens is 326 g/mol. The molecule has 2 aromatic rings. The van der Waals surface area contributed by atoms with Crippen LogP contribution in [0.15, 0.2) is 48.5 Å². The van der Waals surface area contributed by atoms with Crippen molar-refractivity contribution in [3.05, 3.63) is 64.7 Å². The molecule has 0 aromatic heterocycles. The Morgan fingerprint density at radius 1 is 1.00 bits per heavy atom. The summed E-state index contributed by atoms with van der Waals surface area (Å²) >= 11 is 5.80. The molecule has 0 radical (unpaired) electrons. The molecule has 0 atom stereocenters. The number of hydrogen-bond acceptors (Lipinski definition) is 2. The average molecular weight is 346 g/mol. The maximum Gasteiger partial charge on any atom is 0.315 e. The minimum absolute atomic E-state index is 0.0928. The zero-order valence-electron chi connectivity index (χ0n) is 13.4. The summed E-state index contributed by atoms with van der Waals surface area (Å²) < 4.78 is 0.